The van der Waals surface area contributed by atoms with Crippen molar-refractivity contribution >= 4 is 83.2 Å². The van der Waals surface area contributed by atoms with Gasteiger partial charge >= 0.3 is 0 Å². The van der Waals surface area contributed by atoms with Crippen molar-refractivity contribution in [2.45, 2.75) is 30.8 Å². The van der Waals surface area contributed by atoms with Crippen LogP contribution in [0.4, 0.5) is 5.13 Å². The van der Waals surface area contributed by atoms with Gasteiger partial charge in [0.05, 0.1) is 22.5 Å². The molecule has 0 unspecified atom stereocenters. The minimum atomic E-state index is -0.215. The van der Waals surface area contributed by atoms with E-state index in [2.05, 4.69) is 26.2 Å². The average molecular weight is 644 g/mol. The van der Waals surface area contributed by atoms with Crippen LogP contribution in [0.25, 0.3) is 27.2 Å². The molecule has 38 heavy (non-hydrogen) atoms. The minimum absolute atomic E-state index is 0.0857. The van der Waals surface area contributed by atoms with E-state index in [0.717, 1.165) is 51.8 Å². The van der Waals surface area contributed by atoms with Crippen molar-refractivity contribution in [3.63, 3.8) is 0 Å². The van der Waals surface area contributed by atoms with Gasteiger partial charge < -0.3 is 5.32 Å². The summed E-state index contributed by atoms with van der Waals surface area (Å²) in [6.07, 6.45) is 4.10. The molecule has 0 saturated heterocycles. The fraction of sp³-hybridized carbons (Fsp3) is 0.185. The lowest BCUT2D eigenvalue weighted by atomic mass is 9.97. The molecule has 3 heterocycles. The Morgan fingerprint density at radius 2 is 1.95 bits per heavy atom. The highest BCUT2D eigenvalue weighted by molar-refractivity contribution is 9.10. The molecule has 1 aliphatic carbocycles. The summed E-state index contributed by atoms with van der Waals surface area (Å²) < 4.78 is 2.57. The van der Waals surface area contributed by atoms with Crippen LogP contribution in [0.2, 0.25) is 5.02 Å². The standard InChI is InChI=1S/C27H20BrClN4O2S3/c28-16-5-3-4-15(12-16)20-13-36-26(30-20)31-22(34)14-37-27-32-24-23(19-6-1-2-7-21(19)38-24)25(35)33(27)18-10-8-17(29)9-11-18/h3-5,8-13H,1-2,6-7,14H2,(H,30,31,34). The van der Waals surface area contributed by atoms with Gasteiger partial charge in [0.15, 0.2) is 10.3 Å². The molecule has 1 N–H and O–H groups in total. The second-order valence-electron chi connectivity index (χ2n) is 8.79. The van der Waals surface area contributed by atoms with Gasteiger partial charge in [-0.2, -0.15) is 0 Å². The quantitative estimate of drug-likeness (QED) is 0.152. The molecule has 6 rings (SSSR count). The van der Waals surface area contributed by atoms with Crippen molar-refractivity contribution in [3.8, 4) is 16.9 Å². The molecule has 0 aliphatic heterocycles. The summed E-state index contributed by atoms with van der Waals surface area (Å²) in [4.78, 5) is 38.2. The Bertz CT molecular complexity index is 1730. The maximum atomic E-state index is 13.8. The van der Waals surface area contributed by atoms with E-state index in [-0.39, 0.29) is 17.2 Å². The van der Waals surface area contributed by atoms with E-state index in [4.69, 9.17) is 16.6 Å². The van der Waals surface area contributed by atoms with Crippen molar-refractivity contribution in [3.05, 3.63) is 84.2 Å². The summed E-state index contributed by atoms with van der Waals surface area (Å²) >= 11 is 13.8. The maximum Gasteiger partial charge on any atom is 0.267 e. The lowest BCUT2D eigenvalue weighted by molar-refractivity contribution is -0.113. The monoisotopic (exact) mass is 642 g/mol. The fourth-order valence-electron chi connectivity index (χ4n) is 4.50. The molecule has 1 amide bonds. The molecule has 0 bridgehead atoms. The number of amides is 1. The summed E-state index contributed by atoms with van der Waals surface area (Å²) in [7, 11) is 0. The summed E-state index contributed by atoms with van der Waals surface area (Å²) in [5.41, 5.74) is 3.47. The van der Waals surface area contributed by atoms with Crippen LogP contribution in [0.1, 0.15) is 23.3 Å². The van der Waals surface area contributed by atoms with Crippen LogP contribution in [0, 0.1) is 0 Å². The summed E-state index contributed by atoms with van der Waals surface area (Å²) in [6, 6.07) is 15.0. The number of anilines is 1. The Morgan fingerprint density at radius 3 is 2.76 bits per heavy atom. The first-order chi connectivity index (χ1) is 18.5. The molecule has 3 aromatic heterocycles. The van der Waals surface area contributed by atoms with Crippen LogP contribution >= 0.6 is 62.0 Å². The number of carbonyl (C=O) groups excluding carboxylic acids is 1. The Kier molecular flexibility index (Phi) is 7.41. The molecule has 6 nitrogen and oxygen atoms in total. The Morgan fingerprint density at radius 1 is 1.13 bits per heavy atom. The molecule has 11 heteroatoms. The van der Waals surface area contributed by atoms with Crippen molar-refractivity contribution in [1.82, 2.24) is 14.5 Å². The Hall–Kier alpha value is -2.50. The molecule has 0 fully saturated rings. The third kappa shape index (κ3) is 5.20. The number of aromatic nitrogens is 3. The number of hydrogen-bond acceptors (Lipinski definition) is 7. The zero-order valence-electron chi connectivity index (χ0n) is 19.9. The number of carbonyl (C=O) groups is 1. The lowest BCUT2D eigenvalue weighted by Gasteiger charge is -2.13. The van der Waals surface area contributed by atoms with E-state index in [9.17, 15) is 9.59 Å². The van der Waals surface area contributed by atoms with E-state index >= 15 is 0 Å². The van der Waals surface area contributed by atoms with Crippen LogP contribution < -0.4 is 10.9 Å². The van der Waals surface area contributed by atoms with Gasteiger partial charge in [-0.15, -0.1) is 22.7 Å². The van der Waals surface area contributed by atoms with Gasteiger partial charge in [0, 0.05) is 25.3 Å². The number of aryl methyl sites for hydroxylation is 2. The van der Waals surface area contributed by atoms with Crippen molar-refractivity contribution in [1.29, 1.82) is 0 Å². The van der Waals surface area contributed by atoms with Gasteiger partial charge in [0.1, 0.15) is 4.83 Å². The van der Waals surface area contributed by atoms with Crippen LogP contribution in [-0.2, 0) is 17.6 Å². The molecule has 2 aromatic carbocycles. The van der Waals surface area contributed by atoms with Crippen LogP contribution in [-0.4, -0.2) is 26.2 Å². The largest absolute Gasteiger partial charge is 0.301 e. The van der Waals surface area contributed by atoms with E-state index in [1.807, 2.05) is 29.6 Å². The first-order valence-electron chi connectivity index (χ1n) is 11.9. The molecular formula is C27H20BrClN4O2S3. The normalized spacial score (nSPS) is 13.0. The number of hydrogen-bond donors (Lipinski definition) is 1. The van der Waals surface area contributed by atoms with E-state index in [0.29, 0.717) is 26.4 Å². The van der Waals surface area contributed by atoms with Crippen molar-refractivity contribution < 1.29 is 4.79 Å². The predicted molar refractivity (Wildman–Crippen MR) is 161 cm³/mol. The number of nitrogens with zero attached hydrogens (tertiary/aromatic N) is 3. The maximum absolute atomic E-state index is 13.8. The van der Waals surface area contributed by atoms with Crippen LogP contribution in [0.15, 0.2) is 68.3 Å². The van der Waals surface area contributed by atoms with E-state index in [1.54, 1.807) is 40.2 Å². The minimum Gasteiger partial charge on any atom is -0.301 e. The molecule has 0 spiro atoms. The molecule has 0 saturated carbocycles. The highest BCUT2D eigenvalue weighted by atomic mass is 79.9. The van der Waals surface area contributed by atoms with Gasteiger partial charge in [0.2, 0.25) is 5.91 Å². The molecule has 5 aromatic rings. The number of halogens is 2. The van der Waals surface area contributed by atoms with Gasteiger partial charge in [0.25, 0.3) is 5.56 Å². The van der Waals surface area contributed by atoms with Crippen molar-refractivity contribution in [2.24, 2.45) is 0 Å². The molecule has 1 aliphatic rings. The number of thiazole rings is 1. The third-order valence-corrected chi connectivity index (χ3v) is 9.87. The van der Waals surface area contributed by atoms with E-state index < -0.39 is 0 Å². The number of fused-ring (bicyclic) bond motifs is 3. The molecule has 192 valence electrons. The summed E-state index contributed by atoms with van der Waals surface area (Å²) in [5, 5.41) is 7.09. The van der Waals surface area contributed by atoms with Gasteiger partial charge in [-0.25, -0.2) is 9.97 Å². The molecule has 0 atom stereocenters. The Labute approximate surface area is 244 Å². The zero-order chi connectivity index (χ0) is 26.2. The molecular weight excluding hydrogens is 624 g/mol. The van der Waals surface area contributed by atoms with Gasteiger partial charge in [-0.1, -0.05) is 51.4 Å². The number of rotatable bonds is 6. The number of thiophene rings is 1. The highest BCUT2D eigenvalue weighted by Gasteiger charge is 2.23. The van der Waals surface area contributed by atoms with Crippen LogP contribution in [0.3, 0.4) is 0 Å². The third-order valence-electron chi connectivity index (χ3n) is 6.25. The first kappa shape index (κ1) is 25.8. The number of thioether (sulfide) groups is 1. The average Bonchev–Trinajstić information content (AvgIpc) is 3.53. The SMILES string of the molecule is O=C(CSc1nc2sc3c(c2c(=O)n1-c1ccc(Cl)cc1)CCCC3)Nc1nc(-c2cccc(Br)c2)cs1. The first-order valence-corrected chi connectivity index (χ1v) is 15.8. The topological polar surface area (TPSA) is 76.9 Å². The van der Waals surface area contributed by atoms with Gasteiger partial charge in [-0.05, 0) is 67.6 Å². The van der Waals surface area contributed by atoms with E-state index in [1.165, 1.54) is 28.0 Å². The van der Waals surface area contributed by atoms with Gasteiger partial charge in [-0.3, -0.25) is 14.2 Å². The van der Waals surface area contributed by atoms with Crippen LogP contribution in [0.5, 0.6) is 0 Å². The summed E-state index contributed by atoms with van der Waals surface area (Å²) in [6.45, 7) is 0. The number of nitrogens with one attached hydrogen (secondary N) is 1. The molecule has 0 radical (unpaired) electrons. The second kappa shape index (κ2) is 10.9. The van der Waals surface area contributed by atoms with Crippen molar-refractivity contribution in [2.75, 3.05) is 11.1 Å². The second-order valence-corrected chi connectivity index (χ2v) is 13.0. The summed E-state index contributed by atoms with van der Waals surface area (Å²) in [5.74, 6) is -0.129. The Balaban J connectivity index is 1.28. The smallest absolute Gasteiger partial charge is 0.267 e. The predicted octanol–water partition coefficient (Wildman–Crippen LogP) is 7.60. The highest BCUT2D eigenvalue weighted by Crippen LogP contribution is 2.35. The lowest BCUT2D eigenvalue weighted by Crippen LogP contribution is -2.23. The number of benzene rings is 2. The zero-order valence-corrected chi connectivity index (χ0v) is 24.7. The fourth-order valence-corrected chi connectivity index (χ4v) is 7.87.